The second kappa shape index (κ2) is 7.54. The summed E-state index contributed by atoms with van der Waals surface area (Å²) in [4.78, 5) is 16.6. The average molecular weight is 413 g/mol. The number of halogens is 2. The van der Waals surface area contributed by atoms with Gasteiger partial charge < -0.3 is 14.8 Å². The minimum absolute atomic E-state index is 0.0538. The molecule has 4 rings (SSSR count). The van der Waals surface area contributed by atoms with Crippen LogP contribution in [-0.4, -0.2) is 16.0 Å². The van der Waals surface area contributed by atoms with Crippen LogP contribution < -0.4 is 5.32 Å². The number of phenols is 1. The molecule has 5 nitrogen and oxygen atoms in total. The Kier molecular flexibility index (Phi) is 4.94. The zero-order valence-corrected chi connectivity index (χ0v) is 16.0. The number of phenolic OH excluding ortho intramolecular Hbond substituents is 1. The lowest BCUT2D eigenvalue weighted by molar-refractivity contribution is -0.115. The van der Waals surface area contributed by atoms with Gasteiger partial charge in [-0.15, -0.1) is 0 Å². The number of aromatic hydroxyl groups is 1. The van der Waals surface area contributed by atoms with E-state index in [1.807, 2.05) is 0 Å². The zero-order valence-electron chi connectivity index (χ0n) is 14.4. The molecule has 4 aromatic rings. The quantitative estimate of drug-likeness (QED) is 0.451. The first-order valence-electron chi connectivity index (χ1n) is 8.42. The fourth-order valence-corrected chi connectivity index (χ4v) is 3.09. The summed E-state index contributed by atoms with van der Waals surface area (Å²) in [5.41, 5.74) is 2.90. The van der Waals surface area contributed by atoms with E-state index in [2.05, 4.69) is 10.3 Å². The maximum atomic E-state index is 12.2. The van der Waals surface area contributed by atoms with Gasteiger partial charge in [-0.25, -0.2) is 4.98 Å². The van der Waals surface area contributed by atoms with Gasteiger partial charge in [0.1, 0.15) is 11.3 Å². The van der Waals surface area contributed by atoms with E-state index in [9.17, 15) is 9.90 Å². The predicted octanol–water partition coefficient (Wildman–Crippen LogP) is 5.69. The SMILES string of the molecule is O=C(Cc1ccc(Cl)cc1)Nc1ccc(-c2nc3cc(Cl)ccc3o2)c(O)c1. The summed E-state index contributed by atoms with van der Waals surface area (Å²) in [7, 11) is 0. The van der Waals surface area contributed by atoms with Crippen molar-refractivity contribution in [3.8, 4) is 17.2 Å². The van der Waals surface area contributed by atoms with Crippen molar-refractivity contribution in [3.05, 3.63) is 76.3 Å². The number of carbonyl (C=O) groups is 1. The number of fused-ring (bicyclic) bond motifs is 1. The molecule has 0 atom stereocenters. The Balaban J connectivity index is 1.52. The highest BCUT2D eigenvalue weighted by Crippen LogP contribution is 2.33. The van der Waals surface area contributed by atoms with E-state index in [1.54, 1.807) is 54.6 Å². The molecule has 1 heterocycles. The highest BCUT2D eigenvalue weighted by atomic mass is 35.5. The van der Waals surface area contributed by atoms with Gasteiger partial charge in [-0.2, -0.15) is 0 Å². The van der Waals surface area contributed by atoms with Crippen LogP contribution in [0.4, 0.5) is 5.69 Å². The fraction of sp³-hybridized carbons (Fsp3) is 0.0476. The van der Waals surface area contributed by atoms with Gasteiger partial charge >= 0.3 is 0 Å². The first-order chi connectivity index (χ1) is 13.5. The van der Waals surface area contributed by atoms with Gasteiger partial charge in [0.15, 0.2) is 5.58 Å². The number of benzene rings is 3. The van der Waals surface area contributed by atoms with Crippen LogP contribution in [0.25, 0.3) is 22.6 Å². The van der Waals surface area contributed by atoms with Crippen molar-refractivity contribution in [2.24, 2.45) is 0 Å². The fourth-order valence-electron chi connectivity index (χ4n) is 2.80. The van der Waals surface area contributed by atoms with Gasteiger partial charge in [-0.3, -0.25) is 4.79 Å². The molecule has 140 valence electrons. The molecular formula is C21H14Cl2N2O3. The lowest BCUT2D eigenvalue weighted by atomic mass is 10.1. The largest absolute Gasteiger partial charge is 0.507 e. The number of nitrogens with zero attached hydrogens (tertiary/aromatic N) is 1. The summed E-state index contributed by atoms with van der Waals surface area (Å²) < 4.78 is 5.67. The zero-order chi connectivity index (χ0) is 19.7. The van der Waals surface area contributed by atoms with E-state index in [0.29, 0.717) is 32.4 Å². The molecule has 0 fully saturated rings. The Hall–Kier alpha value is -3.02. The molecule has 0 aliphatic rings. The second-order valence-electron chi connectivity index (χ2n) is 6.21. The molecule has 0 saturated heterocycles. The molecule has 7 heteroatoms. The first-order valence-corrected chi connectivity index (χ1v) is 9.17. The van der Waals surface area contributed by atoms with Crippen molar-refractivity contribution in [1.82, 2.24) is 4.98 Å². The average Bonchev–Trinajstić information content (AvgIpc) is 3.06. The van der Waals surface area contributed by atoms with E-state index in [4.69, 9.17) is 27.6 Å². The van der Waals surface area contributed by atoms with Crippen LogP contribution in [0.1, 0.15) is 5.56 Å². The summed E-state index contributed by atoms with van der Waals surface area (Å²) in [5.74, 6) is 0.0155. The third kappa shape index (κ3) is 3.96. The Bertz CT molecular complexity index is 1170. The van der Waals surface area contributed by atoms with Gasteiger partial charge in [0.05, 0.1) is 12.0 Å². The summed E-state index contributed by atoms with van der Waals surface area (Å²) >= 11 is 11.8. The minimum atomic E-state index is -0.203. The van der Waals surface area contributed by atoms with Crippen LogP contribution in [0.15, 0.2) is 65.1 Å². The van der Waals surface area contributed by atoms with Crippen molar-refractivity contribution in [3.63, 3.8) is 0 Å². The van der Waals surface area contributed by atoms with Crippen LogP contribution in [0, 0.1) is 0 Å². The van der Waals surface area contributed by atoms with Crippen molar-refractivity contribution >= 4 is 45.9 Å². The molecule has 0 unspecified atom stereocenters. The normalized spacial score (nSPS) is 10.9. The maximum Gasteiger partial charge on any atom is 0.231 e. The van der Waals surface area contributed by atoms with Crippen LogP contribution in [0.3, 0.4) is 0 Å². The van der Waals surface area contributed by atoms with E-state index >= 15 is 0 Å². The third-order valence-corrected chi connectivity index (χ3v) is 4.63. The molecule has 3 aromatic carbocycles. The first kappa shape index (κ1) is 18.3. The summed E-state index contributed by atoms with van der Waals surface area (Å²) in [6.07, 6.45) is 0.200. The second-order valence-corrected chi connectivity index (χ2v) is 7.09. The van der Waals surface area contributed by atoms with Crippen LogP contribution >= 0.6 is 23.2 Å². The molecule has 1 amide bonds. The van der Waals surface area contributed by atoms with Gasteiger partial charge in [-0.1, -0.05) is 35.3 Å². The van der Waals surface area contributed by atoms with Gasteiger partial charge in [-0.05, 0) is 48.0 Å². The Labute approximate surface area is 170 Å². The number of anilines is 1. The van der Waals surface area contributed by atoms with E-state index in [0.717, 1.165) is 5.56 Å². The molecule has 0 spiro atoms. The topological polar surface area (TPSA) is 75.4 Å². The lowest BCUT2D eigenvalue weighted by Gasteiger charge is -2.07. The van der Waals surface area contributed by atoms with Gasteiger partial charge in [0, 0.05) is 21.8 Å². The molecule has 2 N–H and O–H groups in total. The van der Waals surface area contributed by atoms with Crippen LogP contribution in [-0.2, 0) is 11.2 Å². The molecule has 1 aromatic heterocycles. The summed E-state index contributed by atoms with van der Waals surface area (Å²) in [5, 5.41) is 14.3. The van der Waals surface area contributed by atoms with Gasteiger partial charge in [0.2, 0.25) is 11.8 Å². The van der Waals surface area contributed by atoms with Crippen molar-refractivity contribution in [2.45, 2.75) is 6.42 Å². The Morgan fingerprint density at radius 2 is 1.75 bits per heavy atom. The standard InChI is InChI=1S/C21H14Cl2N2O3/c22-13-3-1-12(2-4-13)9-20(27)24-15-6-7-16(18(26)11-15)21-25-17-10-14(23)5-8-19(17)28-21/h1-8,10-11,26H,9H2,(H,24,27). The highest BCUT2D eigenvalue weighted by molar-refractivity contribution is 6.31. The van der Waals surface area contributed by atoms with Crippen molar-refractivity contribution in [1.29, 1.82) is 0 Å². The predicted molar refractivity (Wildman–Crippen MR) is 110 cm³/mol. The van der Waals surface area contributed by atoms with Crippen LogP contribution in [0.2, 0.25) is 10.0 Å². The molecule has 28 heavy (non-hydrogen) atoms. The molecule has 0 saturated carbocycles. The number of rotatable bonds is 4. The number of oxazole rings is 1. The highest BCUT2D eigenvalue weighted by Gasteiger charge is 2.14. The third-order valence-electron chi connectivity index (χ3n) is 4.14. The number of hydrogen-bond acceptors (Lipinski definition) is 4. The molecule has 0 radical (unpaired) electrons. The Morgan fingerprint density at radius 1 is 1.00 bits per heavy atom. The Morgan fingerprint density at radius 3 is 2.50 bits per heavy atom. The maximum absolute atomic E-state index is 12.2. The minimum Gasteiger partial charge on any atom is -0.507 e. The number of hydrogen-bond donors (Lipinski definition) is 2. The number of carbonyl (C=O) groups excluding carboxylic acids is 1. The monoisotopic (exact) mass is 412 g/mol. The molecule has 0 aliphatic heterocycles. The van der Waals surface area contributed by atoms with E-state index in [1.165, 1.54) is 6.07 Å². The molecular weight excluding hydrogens is 399 g/mol. The van der Waals surface area contributed by atoms with Crippen molar-refractivity contribution < 1.29 is 14.3 Å². The molecule has 0 bridgehead atoms. The number of aromatic nitrogens is 1. The summed E-state index contributed by atoms with van der Waals surface area (Å²) in [6, 6.07) is 16.9. The number of nitrogens with one attached hydrogen (secondary N) is 1. The van der Waals surface area contributed by atoms with Crippen molar-refractivity contribution in [2.75, 3.05) is 5.32 Å². The van der Waals surface area contributed by atoms with Crippen LogP contribution in [0.5, 0.6) is 5.75 Å². The van der Waals surface area contributed by atoms with Gasteiger partial charge in [0.25, 0.3) is 0 Å². The summed E-state index contributed by atoms with van der Waals surface area (Å²) in [6.45, 7) is 0. The number of amides is 1. The lowest BCUT2D eigenvalue weighted by Crippen LogP contribution is -2.14. The molecule has 0 aliphatic carbocycles. The van der Waals surface area contributed by atoms with E-state index < -0.39 is 0 Å². The smallest absolute Gasteiger partial charge is 0.231 e. The van der Waals surface area contributed by atoms with E-state index in [-0.39, 0.29) is 24.0 Å².